The molecule has 0 aliphatic rings. The van der Waals surface area contributed by atoms with Crippen molar-refractivity contribution >= 4 is 55.4 Å². The monoisotopic (exact) mass is 683 g/mol. The average molecular weight is 685 g/mol. The number of carbonyl (C=O) groups excluding carboxylic acids is 1. The van der Waals surface area contributed by atoms with Crippen LogP contribution in [0.1, 0.15) is 29.2 Å². The Labute approximate surface area is 265 Å². The lowest BCUT2D eigenvalue weighted by molar-refractivity contribution is -0.119. The number of hydrogen-bond donors (Lipinski definition) is 1. The van der Waals surface area contributed by atoms with E-state index in [9.17, 15) is 13.2 Å². The lowest BCUT2D eigenvalue weighted by atomic mass is 10.1. The molecule has 0 saturated carbocycles. The maximum atomic E-state index is 13.7. The summed E-state index contributed by atoms with van der Waals surface area (Å²) in [6.07, 6.45) is 2.03. The first-order chi connectivity index (χ1) is 20.6. The Hall–Kier alpha value is -3.86. The van der Waals surface area contributed by atoms with Crippen molar-refractivity contribution in [3.63, 3.8) is 0 Å². The van der Waals surface area contributed by atoms with Gasteiger partial charge in [0.1, 0.15) is 13.2 Å². The smallest absolute Gasteiger partial charge is 0.264 e. The topological polar surface area (TPSA) is 97.3 Å². The summed E-state index contributed by atoms with van der Waals surface area (Å²) >= 11 is 9.48. The van der Waals surface area contributed by atoms with Crippen LogP contribution >= 0.6 is 27.5 Å². The summed E-state index contributed by atoms with van der Waals surface area (Å²) in [5.74, 6) is 0.361. The number of amides is 1. The first kappa shape index (κ1) is 32.1. The van der Waals surface area contributed by atoms with Gasteiger partial charge in [0, 0.05) is 5.02 Å². The van der Waals surface area contributed by atoms with Crippen molar-refractivity contribution < 1.29 is 22.7 Å². The molecule has 4 aromatic carbocycles. The Kier molecular flexibility index (Phi) is 10.8. The summed E-state index contributed by atoms with van der Waals surface area (Å²) in [4.78, 5) is 13.1. The van der Waals surface area contributed by atoms with Crippen molar-refractivity contribution in [3.8, 4) is 11.5 Å². The second-order valence-electron chi connectivity index (χ2n) is 9.55. The van der Waals surface area contributed by atoms with Crippen LogP contribution in [0, 0.1) is 6.92 Å². The molecule has 0 heterocycles. The Morgan fingerprint density at radius 2 is 1.74 bits per heavy atom. The zero-order chi connectivity index (χ0) is 31.0. The molecule has 0 bridgehead atoms. The van der Waals surface area contributed by atoms with Gasteiger partial charge in [0.05, 0.1) is 28.4 Å². The first-order valence-corrected chi connectivity index (χ1v) is 16.0. The quantitative estimate of drug-likeness (QED) is 0.129. The highest BCUT2D eigenvalue weighted by Crippen LogP contribution is 2.37. The highest BCUT2D eigenvalue weighted by Gasteiger charge is 2.28. The molecular weight excluding hydrogens is 654 g/mol. The van der Waals surface area contributed by atoms with E-state index in [1.54, 1.807) is 48.5 Å². The third kappa shape index (κ3) is 8.16. The van der Waals surface area contributed by atoms with Gasteiger partial charge in [-0.1, -0.05) is 66.6 Å². The molecular formula is C32H31BrClN3O5S. The van der Waals surface area contributed by atoms with Crippen molar-refractivity contribution in [2.75, 3.05) is 18.0 Å². The van der Waals surface area contributed by atoms with E-state index in [0.29, 0.717) is 45.3 Å². The van der Waals surface area contributed by atoms with E-state index in [2.05, 4.69) is 26.5 Å². The SMILES string of the molecule is CCc1ccccc1N(CC(=O)N/N=C\c1cc(Br)c(OCc2ccc(Cl)cc2)c(OC)c1)S(=O)(=O)c1ccc(C)cc1. The molecule has 0 aromatic heterocycles. The number of anilines is 1. The summed E-state index contributed by atoms with van der Waals surface area (Å²) in [5, 5.41) is 4.71. The molecule has 0 fully saturated rings. The lowest BCUT2D eigenvalue weighted by Crippen LogP contribution is -2.40. The molecule has 1 N–H and O–H groups in total. The number of sulfonamides is 1. The number of halogens is 2. The maximum Gasteiger partial charge on any atom is 0.264 e. The molecule has 8 nitrogen and oxygen atoms in total. The van der Waals surface area contributed by atoms with Gasteiger partial charge in [-0.15, -0.1) is 0 Å². The van der Waals surface area contributed by atoms with Gasteiger partial charge in [-0.05, 0) is 88.4 Å². The molecule has 43 heavy (non-hydrogen) atoms. The highest BCUT2D eigenvalue weighted by molar-refractivity contribution is 9.10. The number of hydrogen-bond acceptors (Lipinski definition) is 6. The zero-order valence-corrected chi connectivity index (χ0v) is 27.0. The minimum atomic E-state index is -4.05. The molecule has 11 heteroatoms. The van der Waals surface area contributed by atoms with Crippen LogP contribution in [0.5, 0.6) is 11.5 Å². The summed E-state index contributed by atoms with van der Waals surface area (Å²) in [6.45, 7) is 3.65. The number of rotatable bonds is 12. The third-order valence-corrected chi connectivity index (χ3v) is 9.10. The van der Waals surface area contributed by atoms with Gasteiger partial charge in [-0.3, -0.25) is 9.10 Å². The fourth-order valence-corrected chi connectivity index (χ4v) is 6.38. The maximum absolute atomic E-state index is 13.7. The van der Waals surface area contributed by atoms with Gasteiger partial charge in [-0.2, -0.15) is 5.10 Å². The minimum Gasteiger partial charge on any atom is -0.493 e. The van der Waals surface area contributed by atoms with Gasteiger partial charge in [0.15, 0.2) is 11.5 Å². The van der Waals surface area contributed by atoms with Crippen LogP contribution in [0.4, 0.5) is 5.69 Å². The first-order valence-electron chi connectivity index (χ1n) is 13.4. The van der Waals surface area contributed by atoms with E-state index >= 15 is 0 Å². The van der Waals surface area contributed by atoms with E-state index in [0.717, 1.165) is 21.0 Å². The van der Waals surface area contributed by atoms with Crippen LogP contribution in [0.3, 0.4) is 0 Å². The highest BCUT2D eigenvalue weighted by atomic mass is 79.9. The third-order valence-electron chi connectivity index (χ3n) is 6.49. The van der Waals surface area contributed by atoms with Crippen molar-refractivity contribution in [2.45, 2.75) is 31.8 Å². The van der Waals surface area contributed by atoms with Gasteiger partial charge in [-0.25, -0.2) is 13.8 Å². The molecule has 0 atom stereocenters. The summed E-state index contributed by atoms with van der Waals surface area (Å²) in [6, 6.07) is 24.5. The van der Waals surface area contributed by atoms with Crippen LogP contribution in [0.15, 0.2) is 99.4 Å². The van der Waals surface area contributed by atoms with Crippen molar-refractivity contribution in [1.29, 1.82) is 0 Å². The van der Waals surface area contributed by atoms with E-state index < -0.39 is 22.5 Å². The Bertz CT molecular complexity index is 1710. The van der Waals surface area contributed by atoms with E-state index in [1.807, 2.05) is 38.1 Å². The number of nitrogens with zero attached hydrogens (tertiary/aromatic N) is 2. The second kappa shape index (κ2) is 14.5. The second-order valence-corrected chi connectivity index (χ2v) is 12.7. The molecule has 0 aliphatic carbocycles. The van der Waals surface area contributed by atoms with Crippen LogP contribution in [0.2, 0.25) is 5.02 Å². The van der Waals surface area contributed by atoms with Crippen molar-refractivity contribution in [2.24, 2.45) is 5.10 Å². The number of methoxy groups -OCH3 is 1. The van der Waals surface area contributed by atoms with Crippen LogP contribution in [0.25, 0.3) is 0 Å². The molecule has 4 aromatic rings. The largest absolute Gasteiger partial charge is 0.493 e. The van der Waals surface area contributed by atoms with Crippen LogP contribution in [-0.2, 0) is 27.8 Å². The normalized spacial score (nSPS) is 11.4. The fraction of sp³-hybridized carbons (Fsp3) is 0.188. The zero-order valence-electron chi connectivity index (χ0n) is 23.9. The molecule has 0 saturated heterocycles. The van der Waals surface area contributed by atoms with Crippen molar-refractivity contribution in [3.05, 3.63) is 117 Å². The number of carbonyl (C=O) groups is 1. The van der Waals surface area contributed by atoms with Gasteiger partial charge < -0.3 is 9.47 Å². The van der Waals surface area contributed by atoms with Gasteiger partial charge in [0.2, 0.25) is 0 Å². The van der Waals surface area contributed by atoms with Gasteiger partial charge in [0.25, 0.3) is 15.9 Å². The van der Waals surface area contributed by atoms with E-state index in [1.165, 1.54) is 25.5 Å². The van der Waals surface area contributed by atoms with Crippen LogP contribution < -0.4 is 19.2 Å². The summed E-state index contributed by atoms with van der Waals surface area (Å²) < 4.78 is 40.7. The lowest BCUT2D eigenvalue weighted by Gasteiger charge is -2.25. The molecule has 0 radical (unpaired) electrons. The number of ether oxygens (including phenoxy) is 2. The molecule has 0 aliphatic heterocycles. The minimum absolute atomic E-state index is 0.0932. The number of benzene rings is 4. The summed E-state index contributed by atoms with van der Waals surface area (Å²) in [7, 11) is -2.52. The van der Waals surface area contributed by atoms with Gasteiger partial charge >= 0.3 is 0 Å². The molecule has 0 unspecified atom stereocenters. The number of para-hydroxylation sites is 1. The molecule has 0 spiro atoms. The Balaban J connectivity index is 1.51. The predicted octanol–water partition coefficient (Wildman–Crippen LogP) is 6.91. The molecule has 224 valence electrons. The molecule has 4 rings (SSSR count). The standard InChI is InChI=1S/C32H31BrClN3O5S/c1-4-25-7-5-6-8-29(25)37(43(39,40)27-15-9-22(2)10-16-27)20-31(38)36-35-19-24-17-28(33)32(30(18-24)41-3)42-21-23-11-13-26(34)14-12-23/h5-19H,4,20-21H2,1-3H3,(H,36,38)/b35-19-. The number of aryl methyl sites for hydroxylation is 2. The molecule has 1 amide bonds. The predicted molar refractivity (Wildman–Crippen MR) is 174 cm³/mol. The summed E-state index contributed by atoms with van der Waals surface area (Å²) in [5.41, 5.74) is 6.16. The fourth-order valence-electron chi connectivity index (χ4n) is 4.23. The number of hydrazone groups is 1. The van der Waals surface area contributed by atoms with Crippen molar-refractivity contribution in [1.82, 2.24) is 5.43 Å². The number of nitrogens with one attached hydrogen (secondary N) is 1. The van der Waals surface area contributed by atoms with E-state index in [4.69, 9.17) is 21.1 Å². The van der Waals surface area contributed by atoms with Crippen LogP contribution in [-0.4, -0.2) is 34.2 Å². The average Bonchev–Trinajstić information content (AvgIpc) is 3.00. The Morgan fingerprint density at radius 3 is 2.42 bits per heavy atom. The Morgan fingerprint density at radius 1 is 1.05 bits per heavy atom. The van der Waals surface area contributed by atoms with E-state index in [-0.39, 0.29) is 4.90 Å².